The van der Waals surface area contributed by atoms with E-state index in [9.17, 15) is 5.11 Å². The van der Waals surface area contributed by atoms with Crippen molar-refractivity contribution in [1.82, 2.24) is 0 Å². The second-order valence-corrected chi connectivity index (χ2v) is 5.57. The molecule has 0 heterocycles. The lowest BCUT2D eigenvalue weighted by atomic mass is 9.80. The van der Waals surface area contributed by atoms with E-state index in [4.69, 9.17) is 9.47 Å². The molecule has 1 aliphatic carbocycles. The van der Waals surface area contributed by atoms with Crippen LogP contribution in [0.1, 0.15) is 42.7 Å². The minimum atomic E-state index is -0.270. The monoisotopic (exact) mass is 278 g/mol. The first-order valence-corrected chi connectivity index (χ1v) is 7.64. The van der Waals surface area contributed by atoms with Crippen molar-refractivity contribution in [3.05, 3.63) is 35.4 Å². The smallest absolute Gasteiger partial charge is 0.0700 e. The molecule has 0 saturated heterocycles. The number of ether oxygens (including phenoxy) is 2. The number of aliphatic hydroxyl groups is 1. The van der Waals surface area contributed by atoms with Crippen LogP contribution in [0.4, 0.5) is 0 Å². The maximum Gasteiger partial charge on any atom is 0.0700 e. The second-order valence-electron chi connectivity index (χ2n) is 5.57. The van der Waals surface area contributed by atoms with E-state index in [1.54, 1.807) is 7.11 Å². The standard InChI is InChI=1S/C17H26O3/c1-19-11-12-20-10-9-16(18)13-15-7-4-6-14-5-2-3-8-17(14)15/h2-3,5,8,15-16,18H,4,6-7,9-13H2,1H3. The van der Waals surface area contributed by atoms with Gasteiger partial charge in [-0.25, -0.2) is 0 Å². The summed E-state index contributed by atoms with van der Waals surface area (Å²) >= 11 is 0. The maximum atomic E-state index is 10.2. The molecule has 1 aromatic rings. The van der Waals surface area contributed by atoms with Crippen molar-refractivity contribution in [2.45, 2.75) is 44.1 Å². The van der Waals surface area contributed by atoms with Crippen LogP contribution < -0.4 is 0 Å². The summed E-state index contributed by atoms with van der Waals surface area (Å²) in [5.74, 6) is 0.508. The van der Waals surface area contributed by atoms with Crippen molar-refractivity contribution >= 4 is 0 Å². The normalized spacial score (nSPS) is 19.6. The number of rotatable bonds is 8. The topological polar surface area (TPSA) is 38.7 Å². The van der Waals surface area contributed by atoms with Crippen molar-refractivity contribution < 1.29 is 14.6 Å². The van der Waals surface area contributed by atoms with Gasteiger partial charge < -0.3 is 14.6 Å². The van der Waals surface area contributed by atoms with E-state index >= 15 is 0 Å². The van der Waals surface area contributed by atoms with Gasteiger partial charge in [-0.15, -0.1) is 0 Å². The van der Waals surface area contributed by atoms with Crippen LogP contribution in [-0.2, 0) is 15.9 Å². The summed E-state index contributed by atoms with van der Waals surface area (Å²) in [6, 6.07) is 8.67. The molecule has 0 radical (unpaired) electrons. The number of aryl methyl sites for hydroxylation is 1. The molecule has 2 atom stereocenters. The van der Waals surface area contributed by atoms with Crippen LogP contribution in [0.25, 0.3) is 0 Å². The number of fused-ring (bicyclic) bond motifs is 1. The number of benzene rings is 1. The second kappa shape index (κ2) is 8.40. The molecule has 0 saturated carbocycles. The van der Waals surface area contributed by atoms with Gasteiger partial charge in [0.1, 0.15) is 0 Å². The van der Waals surface area contributed by atoms with Crippen LogP contribution in [0, 0.1) is 0 Å². The van der Waals surface area contributed by atoms with E-state index in [0.717, 1.165) is 6.42 Å². The summed E-state index contributed by atoms with van der Waals surface area (Å²) in [6.45, 7) is 1.83. The molecular formula is C17H26O3. The fraction of sp³-hybridized carbons (Fsp3) is 0.647. The third-order valence-electron chi connectivity index (χ3n) is 4.08. The van der Waals surface area contributed by atoms with E-state index in [1.807, 2.05) is 0 Å². The van der Waals surface area contributed by atoms with E-state index in [0.29, 0.717) is 32.2 Å². The molecule has 0 fully saturated rings. The molecule has 3 heteroatoms. The van der Waals surface area contributed by atoms with Gasteiger partial charge in [-0.05, 0) is 49.1 Å². The molecule has 0 bridgehead atoms. The molecule has 1 N–H and O–H groups in total. The first-order valence-electron chi connectivity index (χ1n) is 7.64. The van der Waals surface area contributed by atoms with Crippen molar-refractivity contribution in [1.29, 1.82) is 0 Å². The van der Waals surface area contributed by atoms with Gasteiger partial charge in [0.2, 0.25) is 0 Å². The van der Waals surface area contributed by atoms with Crippen molar-refractivity contribution in [2.24, 2.45) is 0 Å². The summed E-state index contributed by atoms with van der Waals surface area (Å²) in [5, 5.41) is 10.2. The van der Waals surface area contributed by atoms with Crippen LogP contribution in [0.2, 0.25) is 0 Å². The van der Waals surface area contributed by atoms with Crippen LogP contribution >= 0.6 is 0 Å². The largest absolute Gasteiger partial charge is 0.393 e. The zero-order chi connectivity index (χ0) is 14.2. The zero-order valence-corrected chi connectivity index (χ0v) is 12.4. The van der Waals surface area contributed by atoms with Gasteiger partial charge in [0, 0.05) is 13.7 Å². The van der Waals surface area contributed by atoms with Crippen molar-refractivity contribution in [2.75, 3.05) is 26.9 Å². The molecule has 1 aliphatic rings. The highest BCUT2D eigenvalue weighted by Gasteiger charge is 2.22. The first kappa shape index (κ1) is 15.5. The molecule has 0 aliphatic heterocycles. The summed E-state index contributed by atoms with van der Waals surface area (Å²) in [6.07, 6.45) is 4.90. The quantitative estimate of drug-likeness (QED) is 0.743. The Kier molecular flexibility index (Phi) is 6.51. The van der Waals surface area contributed by atoms with E-state index < -0.39 is 0 Å². The number of methoxy groups -OCH3 is 1. The Hall–Kier alpha value is -0.900. The lowest BCUT2D eigenvalue weighted by Crippen LogP contribution is -2.18. The third kappa shape index (κ3) is 4.58. The van der Waals surface area contributed by atoms with E-state index in [-0.39, 0.29) is 6.10 Å². The Balaban J connectivity index is 1.76. The minimum absolute atomic E-state index is 0.270. The number of hydrogen-bond donors (Lipinski definition) is 1. The van der Waals surface area contributed by atoms with Gasteiger partial charge in [-0.2, -0.15) is 0 Å². The first-order chi connectivity index (χ1) is 9.81. The van der Waals surface area contributed by atoms with Crippen LogP contribution in [0.15, 0.2) is 24.3 Å². The van der Waals surface area contributed by atoms with Crippen molar-refractivity contribution in [3.8, 4) is 0 Å². The Morgan fingerprint density at radius 2 is 2.10 bits per heavy atom. The Bertz CT molecular complexity index is 392. The highest BCUT2D eigenvalue weighted by Crippen LogP contribution is 2.34. The van der Waals surface area contributed by atoms with E-state index in [2.05, 4.69) is 24.3 Å². The zero-order valence-electron chi connectivity index (χ0n) is 12.4. The lowest BCUT2D eigenvalue weighted by Gasteiger charge is -2.27. The van der Waals surface area contributed by atoms with Gasteiger partial charge in [0.25, 0.3) is 0 Å². The molecule has 0 spiro atoms. The molecule has 20 heavy (non-hydrogen) atoms. The maximum absolute atomic E-state index is 10.2. The number of aliphatic hydroxyl groups excluding tert-OH is 1. The summed E-state index contributed by atoms with van der Waals surface area (Å²) in [7, 11) is 1.67. The summed E-state index contributed by atoms with van der Waals surface area (Å²) < 4.78 is 10.3. The molecule has 3 nitrogen and oxygen atoms in total. The molecule has 0 amide bonds. The van der Waals surface area contributed by atoms with Crippen LogP contribution in [0.5, 0.6) is 0 Å². The van der Waals surface area contributed by atoms with Gasteiger partial charge in [0.15, 0.2) is 0 Å². The minimum Gasteiger partial charge on any atom is -0.393 e. The number of hydrogen-bond acceptors (Lipinski definition) is 3. The predicted octanol–water partition coefficient (Wildman–Crippen LogP) is 2.91. The summed E-state index contributed by atoms with van der Waals surface area (Å²) in [4.78, 5) is 0. The van der Waals surface area contributed by atoms with Gasteiger partial charge in [0.05, 0.1) is 19.3 Å². The molecule has 1 aromatic carbocycles. The van der Waals surface area contributed by atoms with Gasteiger partial charge in [-0.3, -0.25) is 0 Å². The summed E-state index contributed by atoms with van der Waals surface area (Å²) in [5.41, 5.74) is 2.91. The van der Waals surface area contributed by atoms with Crippen LogP contribution in [-0.4, -0.2) is 38.1 Å². The predicted molar refractivity (Wildman–Crippen MR) is 80.1 cm³/mol. The SMILES string of the molecule is COCCOCCC(O)CC1CCCc2ccccc21. The van der Waals surface area contributed by atoms with Gasteiger partial charge in [-0.1, -0.05) is 24.3 Å². The lowest BCUT2D eigenvalue weighted by molar-refractivity contribution is 0.0439. The average molecular weight is 278 g/mol. The fourth-order valence-electron chi connectivity index (χ4n) is 3.01. The molecule has 112 valence electrons. The molecular weight excluding hydrogens is 252 g/mol. The highest BCUT2D eigenvalue weighted by atomic mass is 16.5. The van der Waals surface area contributed by atoms with Crippen LogP contribution in [0.3, 0.4) is 0 Å². The highest BCUT2D eigenvalue weighted by molar-refractivity contribution is 5.32. The molecule has 2 rings (SSSR count). The average Bonchev–Trinajstić information content (AvgIpc) is 2.47. The van der Waals surface area contributed by atoms with Gasteiger partial charge >= 0.3 is 0 Å². The van der Waals surface area contributed by atoms with Crippen molar-refractivity contribution in [3.63, 3.8) is 0 Å². The Morgan fingerprint density at radius 3 is 2.95 bits per heavy atom. The third-order valence-corrected chi connectivity index (χ3v) is 4.08. The van der Waals surface area contributed by atoms with E-state index in [1.165, 1.54) is 30.4 Å². The fourth-order valence-corrected chi connectivity index (χ4v) is 3.01. The molecule has 0 aromatic heterocycles. The Labute approximate surface area is 121 Å². The molecule has 2 unspecified atom stereocenters. The Morgan fingerprint density at radius 1 is 1.25 bits per heavy atom.